The number of nitrogens with zero attached hydrogens (tertiary/aromatic N) is 1. The summed E-state index contributed by atoms with van der Waals surface area (Å²) in [4.78, 5) is 4.35. The molecule has 0 unspecified atom stereocenters. The van der Waals surface area contributed by atoms with Crippen LogP contribution in [0.15, 0.2) is 40.2 Å². The van der Waals surface area contributed by atoms with Crippen molar-refractivity contribution in [3.8, 4) is 0 Å². The van der Waals surface area contributed by atoms with E-state index in [0.29, 0.717) is 6.54 Å². The van der Waals surface area contributed by atoms with Gasteiger partial charge in [-0.2, -0.15) is 13.2 Å². The molecule has 0 bridgehead atoms. The summed E-state index contributed by atoms with van der Waals surface area (Å²) in [6.07, 6.45) is -4.90. The minimum absolute atomic E-state index is 0.0670. The van der Waals surface area contributed by atoms with Gasteiger partial charge in [0.1, 0.15) is 0 Å². The molecule has 0 spiro atoms. The maximum absolute atomic E-state index is 12.1. The number of aliphatic imine (C=N–C) groups is 1. The Balaban J connectivity index is 2.47. The van der Waals surface area contributed by atoms with Crippen molar-refractivity contribution < 1.29 is 21.6 Å². The van der Waals surface area contributed by atoms with Gasteiger partial charge in [-0.1, -0.05) is 18.2 Å². The van der Waals surface area contributed by atoms with Crippen LogP contribution in [0.3, 0.4) is 0 Å². The maximum atomic E-state index is 12.1. The zero-order chi connectivity index (χ0) is 18.1. The SMILES string of the molecule is CCNC(=NCCCS(=O)(=O)c1ccccc1)NCCC(F)(F)F. The van der Waals surface area contributed by atoms with E-state index in [2.05, 4.69) is 15.6 Å². The summed E-state index contributed by atoms with van der Waals surface area (Å²) in [5.41, 5.74) is 0. The molecular weight excluding hydrogens is 343 g/mol. The van der Waals surface area contributed by atoms with Gasteiger partial charge in [-0.05, 0) is 25.5 Å². The monoisotopic (exact) mass is 365 g/mol. The number of sulfone groups is 1. The first kappa shape index (κ1) is 20.3. The second-order valence-electron chi connectivity index (χ2n) is 5.04. The third-order valence-electron chi connectivity index (χ3n) is 2.99. The molecule has 0 saturated heterocycles. The fourth-order valence-corrected chi connectivity index (χ4v) is 3.17. The molecule has 0 aromatic heterocycles. The largest absolute Gasteiger partial charge is 0.390 e. The molecule has 0 atom stereocenters. The van der Waals surface area contributed by atoms with E-state index in [9.17, 15) is 21.6 Å². The molecule has 1 aromatic rings. The normalized spacial score (nSPS) is 12.9. The Morgan fingerprint density at radius 1 is 1.17 bits per heavy atom. The molecule has 0 aliphatic carbocycles. The minimum atomic E-state index is -4.23. The third-order valence-corrected chi connectivity index (χ3v) is 4.81. The van der Waals surface area contributed by atoms with Crippen LogP contribution in [0.4, 0.5) is 13.2 Å². The Labute approximate surface area is 140 Å². The smallest absolute Gasteiger partial charge is 0.357 e. The molecule has 0 fully saturated rings. The number of benzene rings is 1. The van der Waals surface area contributed by atoms with Gasteiger partial charge < -0.3 is 10.6 Å². The summed E-state index contributed by atoms with van der Waals surface area (Å²) >= 11 is 0. The Kier molecular flexibility index (Phi) is 8.03. The molecule has 2 N–H and O–H groups in total. The molecular formula is C15H22F3N3O2S. The fourth-order valence-electron chi connectivity index (χ4n) is 1.86. The minimum Gasteiger partial charge on any atom is -0.357 e. The highest BCUT2D eigenvalue weighted by atomic mass is 32.2. The molecule has 0 amide bonds. The van der Waals surface area contributed by atoms with Crippen LogP contribution < -0.4 is 10.6 Å². The lowest BCUT2D eigenvalue weighted by Gasteiger charge is -2.12. The van der Waals surface area contributed by atoms with Gasteiger partial charge in [-0.3, -0.25) is 4.99 Å². The van der Waals surface area contributed by atoms with Crippen LogP contribution in [0, 0.1) is 0 Å². The molecule has 136 valence electrons. The summed E-state index contributed by atoms with van der Waals surface area (Å²) < 4.78 is 60.5. The van der Waals surface area contributed by atoms with Crippen molar-refractivity contribution in [3.05, 3.63) is 30.3 Å². The van der Waals surface area contributed by atoms with Gasteiger partial charge in [0, 0.05) is 19.6 Å². The maximum Gasteiger partial charge on any atom is 0.390 e. The summed E-state index contributed by atoms with van der Waals surface area (Å²) in [5.74, 6) is 0.182. The Bertz CT molecular complexity index is 617. The summed E-state index contributed by atoms with van der Waals surface area (Å²) in [6, 6.07) is 8.10. The van der Waals surface area contributed by atoms with E-state index < -0.39 is 22.4 Å². The summed E-state index contributed by atoms with van der Waals surface area (Å²) in [5, 5.41) is 5.40. The first-order valence-electron chi connectivity index (χ1n) is 7.61. The molecule has 5 nitrogen and oxygen atoms in total. The van der Waals surface area contributed by atoms with E-state index in [1.54, 1.807) is 25.1 Å². The van der Waals surface area contributed by atoms with Crippen LogP contribution in [0.25, 0.3) is 0 Å². The van der Waals surface area contributed by atoms with Gasteiger partial charge in [-0.15, -0.1) is 0 Å². The van der Waals surface area contributed by atoms with Crippen LogP contribution in [-0.4, -0.2) is 45.9 Å². The number of halogens is 3. The Morgan fingerprint density at radius 3 is 2.42 bits per heavy atom. The Morgan fingerprint density at radius 2 is 1.83 bits per heavy atom. The lowest BCUT2D eigenvalue weighted by atomic mass is 10.4. The van der Waals surface area contributed by atoms with Gasteiger partial charge >= 0.3 is 6.18 Å². The molecule has 24 heavy (non-hydrogen) atoms. The average molecular weight is 365 g/mol. The van der Waals surface area contributed by atoms with Gasteiger partial charge in [0.25, 0.3) is 0 Å². The molecule has 0 heterocycles. The van der Waals surface area contributed by atoms with E-state index in [1.165, 1.54) is 12.1 Å². The number of alkyl halides is 3. The topological polar surface area (TPSA) is 70.6 Å². The van der Waals surface area contributed by atoms with Crippen LogP contribution in [0.1, 0.15) is 19.8 Å². The van der Waals surface area contributed by atoms with Crippen molar-refractivity contribution in [1.29, 1.82) is 0 Å². The first-order valence-corrected chi connectivity index (χ1v) is 9.26. The quantitative estimate of drug-likeness (QED) is 0.422. The molecule has 1 aromatic carbocycles. The van der Waals surface area contributed by atoms with Crippen LogP contribution >= 0.6 is 0 Å². The number of guanidine groups is 1. The van der Waals surface area contributed by atoms with E-state index in [0.717, 1.165) is 0 Å². The van der Waals surface area contributed by atoms with Crippen molar-refractivity contribution in [2.45, 2.75) is 30.8 Å². The Hall–Kier alpha value is -1.77. The molecule has 0 radical (unpaired) electrons. The average Bonchev–Trinajstić information content (AvgIpc) is 2.51. The van der Waals surface area contributed by atoms with Crippen LogP contribution in [0.5, 0.6) is 0 Å². The van der Waals surface area contributed by atoms with E-state index in [4.69, 9.17) is 0 Å². The first-order chi connectivity index (χ1) is 11.2. The summed E-state index contributed by atoms with van der Waals surface area (Å²) in [7, 11) is -3.37. The van der Waals surface area contributed by atoms with Crippen molar-refractivity contribution in [2.24, 2.45) is 4.99 Å². The third kappa shape index (κ3) is 8.19. The standard InChI is InChI=1S/C15H22F3N3O2S/c1-2-19-14(21-11-9-15(16,17)18)20-10-6-12-24(22,23)13-7-4-3-5-8-13/h3-5,7-8H,2,6,9-12H2,1H3,(H2,19,20,21). The van der Waals surface area contributed by atoms with E-state index in [1.807, 2.05) is 0 Å². The van der Waals surface area contributed by atoms with Crippen molar-refractivity contribution in [3.63, 3.8) is 0 Å². The highest BCUT2D eigenvalue weighted by Crippen LogP contribution is 2.18. The second kappa shape index (κ2) is 9.51. The molecule has 0 aliphatic heterocycles. The zero-order valence-corrected chi connectivity index (χ0v) is 14.3. The van der Waals surface area contributed by atoms with Crippen molar-refractivity contribution in [2.75, 3.05) is 25.4 Å². The lowest BCUT2D eigenvalue weighted by molar-refractivity contribution is -0.132. The molecule has 1 rings (SSSR count). The van der Waals surface area contributed by atoms with Crippen molar-refractivity contribution >= 4 is 15.8 Å². The molecule has 9 heteroatoms. The van der Waals surface area contributed by atoms with Crippen molar-refractivity contribution in [1.82, 2.24) is 10.6 Å². The highest BCUT2D eigenvalue weighted by Gasteiger charge is 2.26. The van der Waals surface area contributed by atoms with Crippen LogP contribution in [0.2, 0.25) is 0 Å². The van der Waals surface area contributed by atoms with Gasteiger partial charge in [0.15, 0.2) is 15.8 Å². The highest BCUT2D eigenvalue weighted by molar-refractivity contribution is 7.91. The lowest BCUT2D eigenvalue weighted by Crippen LogP contribution is -2.39. The zero-order valence-electron chi connectivity index (χ0n) is 13.4. The molecule has 0 aliphatic rings. The fraction of sp³-hybridized carbons (Fsp3) is 0.533. The number of hydrogen-bond acceptors (Lipinski definition) is 3. The van der Waals surface area contributed by atoms with Gasteiger partial charge in [-0.25, -0.2) is 8.42 Å². The van der Waals surface area contributed by atoms with Crippen LogP contribution in [-0.2, 0) is 9.84 Å². The molecule has 0 saturated carbocycles. The number of rotatable bonds is 8. The van der Waals surface area contributed by atoms with Gasteiger partial charge in [0.05, 0.1) is 17.1 Å². The number of hydrogen-bond donors (Lipinski definition) is 2. The van der Waals surface area contributed by atoms with E-state index >= 15 is 0 Å². The predicted octanol–water partition coefficient (Wildman–Crippen LogP) is 2.36. The van der Waals surface area contributed by atoms with E-state index in [-0.39, 0.29) is 36.1 Å². The van der Waals surface area contributed by atoms with Gasteiger partial charge in [0.2, 0.25) is 0 Å². The second-order valence-corrected chi connectivity index (χ2v) is 7.15. The predicted molar refractivity (Wildman–Crippen MR) is 87.8 cm³/mol. The summed E-state index contributed by atoms with van der Waals surface area (Å²) in [6.45, 7) is 2.21. The number of nitrogens with one attached hydrogen (secondary N) is 2.